The van der Waals surface area contributed by atoms with Crippen LogP contribution in [0.2, 0.25) is 0 Å². The predicted molar refractivity (Wildman–Crippen MR) is 75.1 cm³/mol. The molecule has 0 aliphatic heterocycles. The Bertz CT molecular complexity index is 455. The highest BCUT2D eigenvalue weighted by atomic mass is 16.5. The van der Waals surface area contributed by atoms with Gasteiger partial charge in [0.15, 0.2) is 0 Å². The average molecular weight is 262 g/mol. The maximum Gasteiger partial charge on any atom is 0.226 e. The average Bonchev–Trinajstić information content (AvgIpc) is 3.19. The van der Waals surface area contributed by atoms with Crippen molar-refractivity contribution < 1.29 is 9.53 Å². The van der Waals surface area contributed by atoms with E-state index in [2.05, 4.69) is 0 Å². The number of carbonyl (C=O) groups is 1. The van der Waals surface area contributed by atoms with E-state index in [0.29, 0.717) is 13.0 Å². The highest BCUT2D eigenvalue weighted by Gasteiger charge is 2.42. The molecule has 4 nitrogen and oxygen atoms in total. The van der Waals surface area contributed by atoms with E-state index in [4.69, 9.17) is 10.5 Å². The molecule has 2 N–H and O–H groups in total. The Balaban J connectivity index is 1.96. The lowest BCUT2D eigenvalue weighted by atomic mass is 10.1. The lowest BCUT2D eigenvalue weighted by Gasteiger charge is -2.23. The molecule has 104 valence electrons. The Morgan fingerprint density at radius 2 is 2.11 bits per heavy atom. The van der Waals surface area contributed by atoms with Gasteiger partial charge >= 0.3 is 0 Å². The molecule has 0 atom stereocenters. The zero-order chi connectivity index (χ0) is 13.9. The number of rotatable bonds is 6. The predicted octanol–water partition coefficient (Wildman–Crippen LogP) is 1.43. The molecular weight excluding hydrogens is 240 g/mol. The van der Waals surface area contributed by atoms with Crippen LogP contribution in [0.25, 0.3) is 0 Å². The summed E-state index contributed by atoms with van der Waals surface area (Å²) in [5.74, 6) is 0.883. The molecule has 0 radical (unpaired) electrons. The summed E-state index contributed by atoms with van der Waals surface area (Å²) in [7, 11) is 3.48. The number of carbonyl (C=O) groups excluding carboxylic acids is 1. The van der Waals surface area contributed by atoms with E-state index >= 15 is 0 Å². The number of likely N-dealkylation sites (N-methyl/N-ethyl adjacent to an activating group) is 1. The van der Waals surface area contributed by atoms with Gasteiger partial charge in [0.05, 0.1) is 13.5 Å². The van der Waals surface area contributed by atoms with E-state index in [1.54, 1.807) is 12.0 Å². The number of hydrogen-bond acceptors (Lipinski definition) is 3. The van der Waals surface area contributed by atoms with Crippen molar-refractivity contribution in [3.63, 3.8) is 0 Å². The van der Waals surface area contributed by atoms with Crippen molar-refractivity contribution in [3.05, 3.63) is 29.8 Å². The van der Waals surface area contributed by atoms with Gasteiger partial charge in [-0.15, -0.1) is 0 Å². The molecule has 1 aromatic rings. The van der Waals surface area contributed by atoms with Crippen molar-refractivity contribution in [2.75, 3.05) is 27.2 Å². The van der Waals surface area contributed by atoms with Gasteiger partial charge in [-0.05, 0) is 25.5 Å². The summed E-state index contributed by atoms with van der Waals surface area (Å²) in [6.45, 7) is 1.43. The fourth-order valence-electron chi connectivity index (χ4n) is 2.34. The monoisotopic (exact) mass is 262 g/mol. The second-order valence-electron chi connectivity index (χ2n) is 5.44. The summed E-state index contributed by atoms with van der Waals surface area (Å²) in [6, 6.07) is 7.64. The summed E-state index contributed by atoms with van der Waals surface area (Å²) in [4.78, 5) is 14.0. The van der Waals surface area contributed by atoms with Crippen LogP contribution in [0.4, 0.5) is 0 Å². The van der Waals surface area contributed by atoms with E-state index in [0.717, 1.165) is 30.7 Å². The Kier molecular flexibility index (Phi) is 4.10. The zero-order valence-corrected chi connectivity index (χ0v) is 11.7. The van der Waals surface area contributed by atoms with Gasteiger partial charge in [0.2, 0.25) is 5.91 Å². The van der Waals surface area contributed by atoms with Crippen LogP contribution >= 0.6 is 0 Å². The largest absolute Gasteiger partial charge is 0.496 e. The number of methoxy groups -OCH3 is 1. The molecule has 0 bridgehead atoms. The number of nitrogens with zero attached hydrogens (tertiary/aromatic N) is 1. The fourth-order valence-corrected chi connectivity index (χ4v) is 2.34. The van der Waals surface area contributed by atoms with Gasteiger partial charge in [-0.25, -0.2) is 0 Å². The van der Waals surface area contributed by atoms with Gasteiger partial charge < -0.3 is 15.4 Å². The van der Waals surface area contributed by atoms with Crippen LogP contribution in [0.1, 0.15) is 18.4 Å². The molecule has 1 aromatic carbocycles. The fraction of sp³-hybridized carbons (Fsp3) is 0.533. The highest BCUT2D eigenvalue weighted by Crippen LogP contribution is 2.44. The summed E-state index contributed by atoms with van der Waals surface area (Å²) in [5, 5.41) is 0. The van der Waals surface area contributed by atoms with Gasteiger partial charge in [0.1, 0.15) is 5.75 Å². The molecule has 0 unspecified atom stereocenters. The van der Waals surface area contributed by atoms with E-state index in [1.165, 1.54) is 0 Å². The van der Waals surface area contributed by atoms with Crippen molar-refractivity contribution in [2.24, 2.45) is 11.1 Å². The third kappa shape index (κ3) is 3.26. The zero-order valence-electron chi connectivity index (χ0n) is 11.7. The van der Waals surface area contributed by atoms with E-state index in [9.17, 15) is 4.79 Å². The van der Waals surface area contributed by atoms with Crippen LogP contribution < -0.4 is 10.5 Å². The normalized spacial score (nSPS) is 15.9. The van der Waals surface area contributed by atoms with Crippen LogP contribution in [-0.4, -0.2) is 38.1 Å². The van der Waals surface area contributed by atoms with Gasteiger partial charge in [-0.2, -0.15) is 0 Å². The Hall–Kier alpha value is -1.55. The van der Waals surface area contributed by atoms with E-state index in [1.807, 2.05) is 31.3 Å². The van der Waals surface area contributed by atoms with Crippen LogP contribution in [0.15, 0.2) is 24.3 Å². The number of para-hydroxylation sites is 1. The molecule has 1 aliphatic rings. The minimum atomic E-state index is 0.115. The Morgan fingerprint density at radius 3 is 2.68 bits per heavy atom. The lowest BCUT2D eigenvalue weighted by molar-refractivity contribution is -0.129. The smallest absolute Gasteiger partial charge is 0.226 e. The first-order chi connectivity index (χ1) is 9.10. The van der Waals surface area contributed by atoms with Gasteiger partial charge in [0.25, 0.3) is 0 Å². The van der Waals surface area contributed by atoms with Crippen LogP contribution in [0.3, 0.4) is 0 Å². The number of amides is 1. The summed E-state index contributed by atoms with van der Waals surface area (Å²) in [5.41, 5.74) is 6.87. The third-order valence-electron chi connectivity index (χ3n) is 3.92. The van der Waals surface area contributed by atoms with Gasteiger partial charge in [0, 0.05) is 24.6 Å². The van der Waals surface area contributed by atoms with Crippen LogP contribution in [0.5, 0.6) is 5.75 Å². The molecule has 1 fully saturated rings. The number of benzene rings is 1. The molecule has 1 amide bonds. The second-order valence-corrected chi connectivity index (χ2v) is 5.44. The molecule has 0 spiro atoms. The lowest BCUT2D eigenvalue weighted by Crippen LogP contribution is -2.36. The molecule has 0 saturated heterocycles. The van der Waals surface area contributed by atoms with E-state index < -0.39 is 0 Å². The molecule has 19 heavy (non-hydrogen) atoms. The maximum absolute atomic E-state index is 12.2. The first kappa shape index (κ1) is 13.9. The summed E-state index contributed by atoms with van der Waals surface area (Å²) < 4.78 is 5.27. The topological polar surface area (TPSA) is 55.6 Å². The first-order valence-electron chi connectivity index (χ1n) is 6.66. The van der Waals surface area contributed by atoms with E-state index in [-0.39, 0.29) is 11.3 Å². The molecule has 2 rings (SSSR count). The van der Waals surface area contributed by atoms with Gasteiger partial charge in [-0.3, -0.25) is 4.79 Å². The van der Waals surface area contributed by atoms with Crippen molar-refractivity contribution >= 4 is 5.91 Å². The number of ether oxygens (including phenoxy) is 1. The molecule has 0 heterocycles. The summed E-state index contributed by atoms with van der Waals surface area (Å²) >= 11 is 0. The van der Waals surface area contributed by atoms with Crippen molar-refractivity contribution in [2.45, 2.75) is 19.3 Å². The molecular formula is C15H22N2O2. The first-order valence-corrected chi connectivity index (χ1v) is 6.66. The summed E-state index contributed by atoms with van der Waals surface area (Å²) in [6.07, 6.45) is 2.65. The highest BCUT2D eigenvalue weighted by molar-refractivity contribution is 5.79. The third-order valence-corrected chi connectivity index (χ3v) is 3.92. The molecule has 4 heteroatoms. The minimum absolute atomic E-state index is 0.115. The Morgan fingerprint density at radius 1 is 1.42 bits per heavy atom. The van der Waals surface area contributed by atoms with Gasteiger partial charge in [-0.1, -0.05) is 18.2 Å². The van der Waals surface area contributed by atoms with Crippen molar-refractivity contribution in [3.8, 4) is 5.75 Å². The number of nitrogens with two attached hydrogens (primary N) is 1. The van der Waals surface area contributed by atoms with Crippen molar-refractivity contribution in [1.82, 2.24) is 4.90 Å². The Labute approximate surface area is 114 Å². The standard InChI is InChI=1S/C15H22N2O2/c1-17(11-15(10-16)7-8-15)14(18)9-12-5-3-4-6-13(12)19-2/h3-6H,7-11,16H2,1-2H3. The number of hydrogen-bond donors (Lipinski definition) is 1. The molecule has 0 aromatic heterocycles. The van der Waals surface area contributed by atoms with Crippen LogP contribution in [0, 0.1) is 5.41 Å². The van der Waals surface area contributed by atoms with Crippen molar-refractivity contribution in [1.29, 1.82) is 0 Å². The quantitative estimate of drug-likeness (QED) is 0.844. The SMILES string of the molecule is COc1ccccc1CC(=O)N(C)CC1(CN)CC1. The molecule has 1 aliphatic carbocycles. The minimum Gasteiger partial charge on any atom is -0.496 e. The maximum atomic E-state index is 12.2. The molecule has 1 saturated carbocycles. The van der Waals surface area contributed by atoms with Crippen LogP contribution in [-0.2, 0) is 11.2 Å². The second kappa shape index (κ2) is 5.61.